The SMILES string of the molecule is [CH](CCN1CCc2ccccc21)c1nccc2ccccc12. The first-order chi connectivity index (χ1) is 10.9. The Labute approximate surface area is 131 Å². The lowest BCUT2D eigenvalue weighted by atomic mass is 10.1. The molecule has 2 heteroatoms. The molecule has 2 heterocycles. The standard InChI is InChI=1S/C20H19N2/c1-3-8-18-16(6-1)11-13-21-19(18)9-5-14-22-15-12-17-7-2-4-10-20(17)22/h1-4,6-11,13H,5,12,14-15H2. The number of pyridine rings is 1. The van der Waals surface area contributed by atoms with Gasteiger partial charge in [0.05, 0.1) is 5.69 Å². The third kappa shape index (κ3) is 2.45. The number of fused-ring (bicyclic) bond motifs is 2. The Hall–Kier alpha value is -2.35. The smallest absolute Gasteiger partial charge is 0.0520 e. The predicted octanol–water partition coefficient (Wildman–Crippen LogP) is 4.24. The molecule has 3 aromatic rings. The number of nitrogens with zero attached hydrogens (tertiary/aromatic N) is 2. The van der Waals surface area contributed by atoms with E-state index in [2.05, 4.69) is 70.9 Å². The van der Waals surface area contributed by atoms with Crippen LogP contribution in [-0.4, -0.2) is 18.1 Å². The predicted molar refractivity (Wildman–Crippen MR) is 92.1 cm³/mol. The summed E-state index contributed by atoms with van der Waals surface area (Å²) in [5.41, 5.74) is 3.98. The molecule has 1 aromatic heterocycles. The molecule has 0 fully saturated rings. The van der Waals surface area contributed by atoms with Crippen molar-refractivity contribution in [3.05, 3.63) is 78.5 Å². The van der Waals surface area contributed by atoms with Crippen LogP contribution in [0.1, 0.15) is 17.7 Å². The Bertz CT molecular complexity index is 789. The van der Waals surface area contributed by atoms with Crippen molar-refractivity contribution in [2.45, 2.75) is 12.8 Å². The van der Waals surface area contributed by atoms with Gasteiger partial charge in [0, 0.05) is 36.8 Å². The summed E-state index contributed by atoms with van der Waals surface area (Å²) in [7, 11) is 0. The van der Waals surface area contributed by atoms with E-state index >= 15 is 0 Å². The Balaban J connectivity index is 1.45. The first kappa shape index (κ1) is 13.3. The minimum Gasteiger partial charge on any atom is -0.371 e. The molecule has 0 atom stereocenters. The second-order valence-electron chi connectivity index (χ2n) is 5.78. The second-order valence-corrected chi connectivity index (χ2v) is 5.78. The monoisotopic (exact) mass is 287 g/mol. The molecule has 0 spiro atoms. The van der Waals surface area contributed by atoms with Crippen LogP contribution >= 0.6 is 0 Å². The molecule has 0 aliphatic carbocycles. The third-order valence-electron chi connectivity index (χ3n) is 4.42. The molecule has 0 bridgehead atoms. The van der Waals surface area contributed by atoms with Gasteiger partial charge in [0.25, 0.3) is 0 Å². The van der Waals surface area contributed by atoms with E-state index in [1.165, 1.54) is 28.4 Å². The van der Waals surface area contributed by atoms with Crippen molar-refractivity contribution >= 4 is 16.5 Å². The van der Waals surface area contributed by atoms with E-state index in [9.17, 15) is 0 Å². The molecule has 22 heavy (non-hydrogen) atoms. The van der Waals surface area contributed by atoms with Crippen molar-refractivity contribution in [1.82, 2.24) is 4.98 Å². The van der Waals surface area contributed by atoms with Gasteiger partial charge in [0.1, 0.15) is 0 Å². The summed E-state index contributed by atoms with van der Waals surface area (Å²) in [6.07, 6.45) is 6.36. The summed E-state index contributed by atoms with van der Waals surface area (Å²) in [6, 6.07) is 19.3. The lowest BCUT2D eigenvalue weighted by Gasteiger charge is -2.19. The molecule has 109 valence electrons. The topological polar surface area (TPSA) is 16.1 Å². The second kappa shape index (κ2) is 5.80. The summed E-state index contributed by atoms with van der Waals surface area (Å²) < 4.78 is 0. The first-order valence-corrected chi connectivity index (χ1v) is 7.92. The van der Waals surface area contributed by atoms with Crippen LogP contribution in [0, 0.1) is 6.42 Å². The lowest BCUT2D eigenvalue weighted by Crippen LogP contribution is -2.21. The van der Waals surface area contributed by atoms with Gasteiger partial charge in [0.2, 0.25) is 0 Å². The third-order valence-corrected chi connectivity index (χ3v) is 4.42. The largest absolute Gasteiger partial charge is 0.371 e. The van der Waals surface area contributed by atoms with Gasteiger partial charge < -0.3 is 4.90 Å². The highest BCUT2D eigenvalue weighted by molar-refractivity contribution is 5.85. The zero-order chi connectivity index (χ0) is 14.8. The minimum absolute atomic E-state index is 1.02. The quantitative estimate of drug-likeness (QED) is 0.713. The zero-order valence-electron chi connectivity index (χ0n) is 12.6. The maximum atomic E-state index is 4.54. The summed E-state index contributed by atoms with van der Waals surface area (Å²) in [4.78, 5) is 7.02. The van der Waals surface area contributed by atoms with Crippen LogP contribution in [0.3, 0.4) is 0 Å². The van der Waals surface area contributed by atoms with Crippen LogP contribution in [0.2, 0.25) is 0 Å². The van der Waals surface area contributed by atoms with Gasteiger partial charge in [-0.05, 0) is 35.9 Å². The Kier molecular flexibility index (Phi) is 3.51. The first-order valence-electron chi connectivity index (χ1n) is 7.92. The van der Waals surface area contributed by atoms with Crippen molar-refractivity contribution < 1.29 is 0 Å². The van der Waals surface area contributed by atoms with E-state index in [0.717, 1.165) is 25.2 Å². The normalized spacial score (nSPS) is 13.5. The molecule has 1 aliphatic heterocycles. The van der Waals surface area contributed by atoms with Gasteiger partial charge in [-0.1, -0.05) is 42.5 Å². The fourth-order valence-corrected chi connectivity index (χ4v) is 3.30. The number of aromatic nitrogens is 1. The molecule has 2 aromatic carbocycles. The molecule has 0 amide bonds. The van der Waals surface area contributed by atoms with Crippen LogP contribution in [0.25, 0.3) is 10.8 Å². The molecule has 1 radical (unpaired) electrons. The Morgan fingerprint density at radius 2 is 1.86 bits per heavy atom. The molecule has 4 rings (SSSR count). The summed E-state index contributed by atoms with van der Waals surface area (Å²) in [5, 5.41) is 2.50. The number of rotatable bonds is 4. The van der Waals surface area contributed by atoms with Gasteiger partial charge in [-0.25, -0.2) is 0 Å². The van der Waals surface area contributed by atoms with Gasteiger partial charge in [0.15, 0.2) is 0 Å². The van der Waals surface area contributed by atoms with Gasteiger partial charge in [-0.15, -0.1) is 0 Å². The molecule has 1 aliphatic rings. The molecule has 2 nitrogen and oxygen atoms in total. The molecular weight excluding hydrogens is 268 g/mol. The van der Waals surface area contributed by atoms with Crippen molar-refractivity contribution in [1.29, 1.82) is 0 Å². The number of benzene rings is 2. The van der Waals surface area contributed by atoms with Crippen LogP contribution in [0.4, 0.5) is 5.69 Å². The average Bonchev–Trinajstić information content (AvgIpc) is 2.99. The number of para-hydroxylation sites is 1. The number of anilines is 1. The molecule has 0 unspecified atom stereocenters. The minimum atomic E-state index is 1.02. The van der Waals surface area contributed by atoms with Crippen LogP contribution in [0.15, 0.2) is 60.8 Å². The van der Waals surface area contributed by atoms with E-state index in [0.29, 0.717) is 0 Å². The van der Waals surface area contributed by atoms with Crippen molar-refractivity contribution in [3.8, 4) is 0 Å². The highest BCUT2D eigenvalue weighted by Crippen LogP contribution is 2.28. The maximum absolute atomic E-state index is 4.54. The summed E-state index contributed by atoms with van der Waals surface area (Å²) in [5.74, 6) is 0. The number of hydrogen-bond acceptors (Lipinski definition) is 2. The molecule has 0 saturated heterocycles. The Morgan fingerprint density at radius 1 is 1.00 bits per heavy atom. The highest BCUT2D eigenvalue weighted by Gasteiger charge is 2.17. The van der Waals surface area contributed by atoms with E-state index in [1.807, 2.05) is 6.20 Å². The maximum Gasteiger partial charge on any atom is 0.0520 e. The molecule has 0 N–H and O–H groups in total. The lowest BCUT2D eigenvalue weighted by molar-refractivity contribution is 0.807. The highest BCUT2D eigenvalue weighted by atomic mass is 15.1. The zero-order valence-corrected chi connectivity index (χ0v) is 12.6. The van der Waals surface area contributed by atoms with Crippen molar-refractivity contribution in [3.63, 3.8) is 0 Å². The molecule has 0 saturated carbocycles. The van der Waals surface area contributed by atoms with Gasteiger partial charge in [-0.2, -0.15) is 0 Å². The van der Waals surface area contributed by atoms with Gasteiger partial charge in [-0.3, -0.25) is 4.98 Å². The van der Waals surface area contributed by atoms with Crippen molar-refractivity contribution in [2.75, 3.05) is 18.0 Å². The fraction of sp³-hybridized carbons (Fsp3) is 0.200. The van der Waals surface area contributed by atoms with E-state index < -0.39 is 0 Å². The van der Waals surface area contributed by atoms with E-state index in [4.69, 9.17) is 0 Å². The fourth-order valence-electron chi connectivity index (χ4n) is 3.30. The Morgan fingerprint density at radius 3 is 2.86 bits per heavy atom. The van der Waals surface area contributed by atoms with Crippen molar-refractivity contribution in [2.24, 2.45) is 0 Å². The van der Waals surface area contributed by atoms with Gasteiger partial charge >= 0.3 is 0 Å². The average molecular weight is 287 g/mol. The van der Waals surface area contributed by atoms with Crippen LogP contribution < -0.4 is 4.90 Å². The summed E-state index contributed by atoms with van der Waals surface area (Å²) in [6.45, 7) is 2.19. The van der Waals surface area contributed by atoms with E-state index in [1.54, 1.807) is 0 Å². The van der Waals surface area contributed by atoms with E-state index in [-0.39, 0.29) is 0 Å². The van der Waals surface area contributed by atoms with Crippen LogP contribution in [-0.2, 0) is 6.42 Å². The number of hydrogen-bond donors (Lipinski definition) is 0. The summed E-state index contributed by atoms with van der Waals surface area (Å²) >= 11 is 0. The molecular formula is C20H19N2. The van der Waals surface area contributed by atoms with Crippen LogP contribution in [0.5, 0.6) is 0 Å².